The summed E-state index contributed by atoms with van der Waals surface area (Å²) in [6.07, 6.45) is 2.22. The van der Waals surface area contributed by atoms with Crippen molar-refractivity contribution < 1.29 is 17.3 Å². The maximum absolute atomic E-state index is 11.9. The van der Waals surface area contributed by atoms with Gasteiger partial charge in [0.1, 0.15) is 5.75 Å². The van der Waals surface area contributed by atoms with Crippen LogP contribution in [-0.2, 0) is 21.3 Å². The van der Waals surface area contributed by atoms with Gasteiger partial charge in [-0.3, -0.25) is 0 Å². The van der Waals surface area contributed by atoms with Crippen molar-refractivity contribution in [3.8, 4) is 5.75 Å². The lowest BCUT2D eigenvalue weighted by atomic mass is 10.1. The van der Waals surface area contributed by atoms with Crippen LogP contribution in [-0.4, -0.2) is 22.1 Å². The normalized spacial score (nSPS) is 11.7. The monoisotopic (exact) mass is 352 g/mol. The predicted molar refractivity (Wildman–Crippen MR) is 92.1 cm³/mol. The molecule has 2 rings (SSSR count). The van der Waals surface area contributed by atoms with Gasteiger partial charge in [-0.15, -0.1) is 0 Å². The molecule has 0 saturated carbocycles. The Balaban J connectivity index is 2.01. The first-order chi connectivity index (χ1) is 11.0. The van der Waals surface area contributed by atoms with Crippen molar-refractivity contribution in [2.45, 2.75) is 6.42 Å². The maximum Gasteiger partial charge on any atom is 0.332 e. The fourth-order valence-electron chi connectivity index (χ4n) is 1.83. The van der Waals surface area contributed by atoms with Gasteiger partial charge in [-0.25, -0.2) is 0 Å². The summed E-state index contributed by atoms with van der Waals surface area (Å²) in [7, 11) is -2.17. The molecule has 0 atom stereocenters. The van der Waals surface area contributed by atoms with Crippen LogP contribution in [0.15, 0.2) is 53.9 Å². The van der Waals surface area contributed by atoms with Crippen molar-refractivity contribution >= 4 is 27.8 Å². The molecule has 0 saturated heterocycles. The summed E-state index contributed by atoms with van der Waals surface area (Å²) in [6, 6.07) is 13.7. The van der Waals surface area contributed by atoms with E-state index >= 15 is 0 Å². The smallest absolute Gasteiger partial charge is 0.332 e. The molecular formula is C17H17ClO4S. The van der Waals surface area contributed by atoms with Gasteiger partial charge in [-0.05, 0) is 47.9 Å². The molecule has 0 aliphatic rings. The van der Waals surface area contributed by atoms with Crippen molar-refractivity contribution in [1.82, 2.24) is 0 Å². The Morgan fingerprint density at radius 3 is 2.30 bits per heavy atom. The molecule has 0 aliphatic carbocycles. The molecule has 0 bridgehead atoms. The summed E-state index contributed by atoms with van der Waals surface area (Å²) < 4.78 is 33.9. The van der Waals surface area contributed by atoms with E-state index in [2.05, 4.69) is 0 Å². The zero-order valence-corrected chi connectivity index (χ0v) is 14.2. The van der Waals surface area contributed by atoms with Crippen LogP contribution >= 0.6 is 11.6 Å². The number of halogens is 1. The average molecular weight is 353 g/mol. The maximum atomic E-state index is 11.9. The summed E-state index contributed by atoms with van der Waals surface area (Å²) in [5.74, 6) is 0.270. The van der Waals surface area contributed by atoms with Gasteiger partial charge >= 0.3 is 10.1 Å². The summed E-state index contributed by atoms with van der Waals surface area (Å²) in [5.41, 5.74) is 1.77. The Hall–Kier alpha value is -1.82. The van der Waals surface area contributed by atoms with Crippen molar-refractivity contribution in [1.29, 1.82) is 0 Å². The van der Waals surface area contributed by atoms with E-state index in [9.17, 15) is 8.42 Å². The lowest BCUT2D eigenvalue weighted by Gasteiger charge is -2.05. The lowest BCUT2D eigenvalue weighted by Crippen LogP contribution is -2.05. The molecule has 0 aromatic heterocycles. The third kappa shape index (κ3) is 6.06. The molecule has 0 heterocycles. The first kappa shape index (κ1) is 17.5. The van der Waals surface area contributed by atoms with Gasteiger partial charge < -0.3 is 8.92 Å². The van der Waals surface area contributed by atoms with E-state index in [1.54, 1.807) is 43.5 Å². The van der Waals surface area contributed by atoms with Crippen LogP contribution in [0.25, 0.3) is 6.08 Å². The van der Waals surface area contributed by atoms with E-state index < -0.39 is 10.1 Å². The molecule has 0 N–H and O–H groups in total. The average Bonchev–Trinajstić information content (AvgIpc) is 2.53. The summed E-state index contributed by atoms with van der Waals surface area (Å²) in [6.45, 7) is 0.613. The molecule has 0 fully saturated rings. The standard InChI is InChI=1S/C17H17ClO4S/c1-21-12-10-14-4-8-17(9-5-14)22-23(19,20)13-11-15-2-6-16(18)7-3-15/h2-9,11,13H,10,12H2,1H3/b13-11+. The van der Waals surface area contributed by atoms with Gasteiger partial charge in [0.15, 0.2) is 0 Å². The Bertz CT molecular complexity index is 750. The van der Waals surface area contributed by atoms with E-state index in [1.165, 1.54) is 6.08 Å². The Kier molecular flexibility index (Phi) is 6.21. The largest absolute Gasteiger partial charge is 0.384 e. The van der Waals surface area contributed by atoms with Crippen molar-refractivity contribution in [2.24, 2.45) is 0 Å². The van der Waals surface area contributed by atoms with Crippen molar-refractivity contribution in [3.05, 3.63) is 70.1 Å². The second kappa shape index (κ2) is 8.15. The topological polar surface area (TPSA) is 52.6 Å². The minimum atomic E-state index is -3.81. The second-order valence-corrected chi connectivity index (χ2v) is 6.68. The number of ether oxygens (including phenoxy) is 1. The molecule has 4 nitrogen and oxygen atoms in total. The molecule has 6 heteroatoms. The second-order valence-electron chi connectivity index (χ2n) is 4.82. The van der Waals surface area contributed by atoms with Crippen LogP contribution in [0.4, 0.5) is 0 Å². The lowest BCUT2D eigenvalue weighted by molar-refractivity contribution is 0.202. The van der Waals surface area contributed by atoms with Gasteiger partial charge in [0, 0.05) is 12.1 Å². The SMILES string of the molecule is COCCc1ccc(OS(=O)(=O)/C=C/c2ccc(Cl)cc2)cc1. The summed E-state index contributed by atoms with van der Waals surface area (Å²) in [5, 5.41) is 1.62. The molecule has 0 radical (unpaired) electrons. The van der Waals surface area contributed by atoms with Gasteiger partial charge in [0.05, 0.1) is 12.0 Å². The fourth-order valence-corrected chi connectivity index (χ4v) is 2.71. The molecule has 0 amide bonds. The van der Waals surface area contributed by atoms with Crippen LogP contribution in [0.3, 0.4) is 0 Å². The highest BCUT2D eigenvalue weighted by molar-refractivity contribution is 7.90. The first-order valence-corrected chi connectivity index (χ1v) is 8.79. The van der Waals surface area contributed by atoms with E-state index in [1.807, 2.05) is 12.1 Å². The van der Waals surface area contributed by atoms with Crippen LogP contribution in [0.5, 0.6) is 5.75 Å². The minimum absolute atomic E-state index is 0.270. The molecule has 2 aromatic carbocycles. The van der Waals surface area contributed by atoms with Crippen molar-refractivity contribution in [3.63, 3.8) is 0 Å². The van der Waals surface area contributed by atoms with Crippen LogP contribution in [0, 0.1) is 0 Å². The molecule has 2 aromatic rings. The molecule has 0 spiro atoms. The Labute approximate surface area is 141 Å². The quantitative estimate of drug-likeness (QED) is 0.709. The first-order valence-electron chi connectivity index (χ1n) is 6.94. The van der Waals surface area contributed by atoms with E-state index in [4.69, 9.17) is 20.5 Å². The minimum Gasteiger partial charge on any atom is -0.384 e. The molecule has 23 heavy (non-hydrogen) atoms. The van der Waals surface area contributed by atoms with E-state index in [0.717, 1.165) is 23.0 Å². The number of benzene rings is 2. The third-order valence-electron chi connectivity index (χ3n) is 3.03. The highest BCUT2D eigenvalue weighted by atomic mass is 35.5. The van der Waals surface area contributed by atoms with Gasteiger partial charge in [0.25, 0.3) is 0 Å². The highest BCUT2D eigenvalue weighted by Crippen LogP contribution is 2.17. The fraction of sp³-hybridized carbons (Fsp3) is 0.176. The number of hydrogen-bond acceptors (Lipinski definition) is 4. The summed E-state index contributed by atoms with van der Waals surface area (Å²) >= 11 is 5.78. The van der Waals surface area contributed by atoms with Gasteiger partial charge in [-0.1, -0.05) is 35.9 Å². The van der Waals surface area contributed by atoms with Crippen LogP contribution in [0.1, 0.15) is 11.1 Å². The van der Waals surface area contributed by atoms with E-state index in [-0.39, 0.29) is 5.75 Å². The third-order valence-corrected chi connectivity index (χ3v) is 4.17. The summed E-state index contributed by atoms with van der Waals surface area (Å²) in [4.78, 5) is 0. The van der Waals surface area contributed by atoms with E-state index in [0.29, 0.717) is 11.6 Å². The van der Waals surface area contributed by atoms with Gasteiger partial charge in [-0.2, -0.15) is 8.42 Å². The molecule has 0 aliphatic heterocycles. The molecular weight excluding hydrogens is 336 g/mol. The van der Waals surface area contributed by atoms with Crippen LogP contribution in [0.2, 0.25) is 5.02 Å². The zero-order chi connectivity index (χ0) is 16.7. The number of methoxy groups -OCH3 is 1. The molecule has 0 unspecified atom stereocenters. The molecule has 122 valence electrons. The van der Waals surface area contributed by atoms with Gasteiger partial charge in [0.2, 0.25) is 0 Å². The Morgan fingerprint density at radius 1 is 1.04 bits per heavy atom. The van der Waals surface area contributed by atoms with Crippen molar-refractivity contribution in [2.75, 3.05) is 13.7 Å². The number of rotatable bonds is 7. The predicted octanol–water partition coefficient (Wildman–Crippen LogP) is 3.91. The Morgan fingerprint density at radius 2 is 1.70 bits per heavy atom. The number of hydrogen-bond donors (Lipinski definition) is 0. The highest BCUT2D eigenvalue weighted by Gasteiger charge is 2.08. The zero-order valence-electron chi connectivity index (χ0n) is 12.6. The van der Waals surface area contributed by atoms with Crippen LogP contribution < -0.4 is 4.18 Å².